The molecule has 0 spiro atoms. The number of carbonyl (C=O) groups is 2. The van der Waals surface area contributed by atoms with Crippen LogP contribution in [0.15, 0.2) is 12.2 Å². The van der Waals surface area contributed by atoms with Gasteiger partial charge < -0.3 is 9.47 Å². The van der Waals surface area contributed by atoms with Crippen molar-refractivity contribution in [2.45, 2.75) is 41.9 Å². The molecule has 0 atom stereocenters. The average Bonchev–Trinajstić information content (AvgIpc) is 2.52. The van der Waals surface area contributed by atoms with E-state index in [4.69, 9.17) is 0 Å². The smallest absolute Gasteiger partial charge is 0.391 e. The van der Waals surface area contributed by atoms with Gasteiger partial charge in [-0.05, 0) is 0 Å². The first kappa shape index (κ1) is 23.0. The molecule has 0 aromatic carbocycles. The lowest BCUT2D eigenvalue weighted by molar-refractivity contribution is -0.517. The van der Waals surface area contributed by atoms with Gasteiger partial charge in [0.15, 0.2) is 0 Å². The van der Waals surface area contributed by atoms with Crippen molar-refractivity contribution in [3.8, 4) is 0 Å². The zero-order valence-electron chi connectivity index (χ0n) is 12.7. The molecule has 1 rings (SSSR count). The third-order valence-corrected chi connectivity index (χ3v) is 3.49. The van der Waals surface area contributed by atoms with Crippen molar-refractivity contribution < 1.29 is 67.4 Å². The summed E-state index contributed by atoms with van der Waals surface area (Å²) in [5.74, 6) is -48.0. The Morgan fingerprint density at radius 3 is 1.41 bits per heavy atom. The van der Waals surface area contributed by atoms with E-state index in [9.17, 15) is 57.9 Å². The molecule has 1 fully saturated rings. The molecule has 156 valence electrons. The lowest BCUT2D eigenvalue weighted by atomic mass is 9.78. The van der Waals surface area contributed by atoms with Crippen LogP contribution in [-0.4, -0.2) is 54.5 Å². The number of ether oxygens (including phenoxy) is 2. The maximum atomic E-state index is 14.1. The minimum atomic E-state index is -7.43. The number of rotatable bonds is 4. The Morgan fingerprint density at radius 2 is 1.07 bits per heavy atom. The fourth-order valence-corrected chi connectivity index (χ4v) is 1.84. The van der Waals surface area contributed by atoms with E-state index < -0.39 is 59.4 Å². The lowest BCUT2D eigenvalue weighted by Crippen LogP contribution is -2.84. The van der Waals surface area contributed by atoms with Gasteiger partial charge in [-0.2, -0.15) is 48.3 Å². The van der Waals surface area contributed by atoms with Crippen LogP contribution in [0.5, 0.6) is 0 Å². The van der Waals surface area contributed by atoms with E-state index in [2.05, 4.69) is 16.1 Å². The van der Waals surface area contributed by atoms with Gasteiger partial charge in [-0.15, -0.1) is 0 Å². The van der Waals surface area contributed by atoms with Gasteiger partial charge >= 0.3 is 47.4 Å². The SMILES string of the molecule is C=C(CC(=O)OC)C(=O)OC1(F)C(F)(F)C(F)(F)C(F)(F)C(F)(F)C1(F)F. The number of methoxy groups -OCH3 is 1. The number of alkyl halides is 11. The molecule has 1 aliphatic rings. The Labute approximate surface area is 141 Å². The van der Waals surface area contributed by atoms with E-state index in [0.717, 1.165) is 0 Å². The molecule has 0 bridgehead atoms. The van der Waals surface area contributed by atoms with Crippen molar-refractivity contribution in [3.63, 3.8) is 0 Å². The van der Waals surface area contributed by atoms with Crippen LogP contribution in [0.3, 0.4) is 0 Å². The molecule has 0 aromatic heterocycles. The number of carbonyl (C=O) groups excluding carboxylic acids is 2. The highest BCUT2D eigenvalue weighted by Gasteiger charge is 3.03. The van der Waals surface area contributed by atoms with Crippen LogP contribution in [-0.2, 0) is 19.1 Å². The third-order valence-electron chi connectivity index (χ3n) is 3.49. The van der Waals surface area contributed by atoms with E-state index in [1.54, 1.807) is 0 Å². The summed E-state index contributed by atoms with van der Waals surface area (Å²) in [6.45, 7) is 2.58. The Hall–Kier alpha value is -2.09. The van der Waals surface area contributed by atoms with Crippen molar-refractivity contribution in [2.75, 3.05) is 7.11 Å². The standard InChI is InChI=1S/C12H7F11O4/c1-4(3-5(24)26-2)6(25)27-12(23)10(19,20)8(15,16)7(13,14)9(17,18)11(12,21)22/h1,3H2,2H3. The molecule has 1 aliphatic carbocycles. The minimum absolute atomic E-state index is 0.699. The summed E-state index contributed by atoms with van der Waals surface area (Å²) < 4.78 is 153. The van der Waals surface area contributed by atoms with Crippen molar-refractivity contribution >= 4 is 11.9 Å². The molecular weight excluding hydrogens is 417 g/mol. The van der Waals surface area contributed by atoms with Crippen LogP contribution >= 0.6 is 0 Å². The Balaban J connectivity index is 3.52. The van der Waals surface area contributed by atoms with Crippen LogP contribution in [0.2, 0.25) is 0 Å². The first-order chi connectivity index (χ1) is 11.8. The lowest BCUT2D eigenvalue weighted by Gasteiger charge is -2.51. The van der Waals surface area contributed by atoms with Crippen LogP contribution in [0.4, 0.5) is 48.3 Å². The van der Waals surface area contributed by atoms with Gasteiger partial charge in [0.25, 0.3) is 0 Å². The van der Waals surface area contributed by atoms with E-state index in [1.807, 2.05) is 0 Å². The molecule has 1 saturated carbocycles. The average molecular weight is 424 g/mol. The summed E-state index contributed by atoms with van der Waals surface area (Å²) >= 11 is 0. The van der Waals surface area contributed by atoms with Gasteiger partial charge in [0.05, 0.1) is 13.5 Å². The van der Waals surface area contributed by atoms with Crippen molar-refractivity contribution in [1.82, 2.24) is 0 Å². The van der Waals surface area contributed by atoms with Gasteiger partial charge in [-0.25, -0.2) is 4.79 Å². The molecule has 0 radical (unpaired) electrons. The summed E-state index contributed by atoms with van der Waals surface area (Å²) in [5.41, 5.74) is -1.46. The monoisotopic (exact) mass is 424 g/mol. The third kappa shape index (κ3) is 2.56. The molecule has 4 nitrogen and oxygen atoms in total. The maximum Gasteiger partial charge on any atom is 0.391 e. The van der Waals surface area contributed by atoms with Crippen LogP contribution in [0.25, 0.3) is 0 Å². The zero-order chi connectivity index (χ0) is 21.9. The normalized spacial score (nSPS) is 25.9. The molecule has 0 heterocycles. The molecule has 0 aromatic rings. The Morgan fingerprint density at radius 1 is 0.741 bits per heavy atom. The highest BCUT2D eigenvalue weighted by atomic mass is 19.4. The van der Waals surface area contributed by atoms with Gasteiger partial charge in [0.2, 0.25) is 0 Å². The second-order valence-electron chi connectivity index (χ2n) is 5.21. The highest BCUT2D eigenvalue weighted by Crippen LogP contribution is 2.69. The summed E-state index contributed by atoms with van der Waals surface area (Å²) in [7, 11) is 0.699. The number of esters is 2. The van der Waals surface area contributed by atoms with Crippen LogP contribution in [0, 0.1) is 0 Å². The van der Waals surface area contributed by atoms with Crippen LogP contribution < -0.4 is 0 Å². The molecule has 15 heteroatoms. The second-order valence-corrected chi connectivity index (χ2v) is 5.21. The fraction of sp³-hybridized carbons (Fsp3) is 0.667. The van der Waals surface area contributed by atoms with Gasteiger partial charge in [0, 0.05) is 5.57 Å². The number of hydrogen-bond acceptors (Lipinski definition) is 4. The second kappa shape index (κ2) is 5.95. The molecule has 27 heavy (non-hydrogen) atoms. The summed E-state index contributed by atoms with van der Waals surface area (Å²) in [4.78, 5) is 22.1. The van der Waals surface area contributed by atoms with Crippen molar-refractivity contribution in [3.05, 3.63) is 12.2 Å². The first-order valence-electron chi connectivity index (χ1n) is 6.32. The molecule has 0 amide bonds. The largest absolute Gasteiger partial charge is 0.469 e. The zero-order valence-corrected chi connectivity index (χ0v) is 12.7. The van der Waals surface area contributed by atoms with Gasteiger partial charge in [-0.1, -0.05) is 6.58 Å². The quantitative estimate of drug-likeness (QED) is 0.394. The fourth-order valence-electron chi connectivity index (χ4n) is 1.84. The minimum Gasteiger partial charge on any atom is -0.469 e. The topological polar surface area (TPSA) is 52.6 Å². The molecule has 0 unspecified atom stereocenters. The maximum absolute atomic E-state index is 14.1. The molecule has 0 N–H and O–H groups in total. The van der Waals surface area contributed by atoms with E-state index in [-0.39, 0.29) is 0 Å². The Kier molecular flexibility index (Phi) is 5.06. The summed E-state index contributed by atoms with van der Waals surface area (Å²) in [6, 6.07) is 0. The Bertz CT molecular complexity index is 640. The summed E-state index contributed by atoms with van der Waals surface area (Å²) in [6.07, 6.45) is -1.34. The highest BCUT2D eigenvalue weighted by molar-refractivity contribution is 5.93. The predicted octanol–water partition coefficient (Wildman–Crippen LogP) is 3.50. The predicted molar refractivity (Wildman–Crippen MR) is 60.4 cm³/mol. The van der Waals surface area contributed by atoms with E-state index in [0.29, 0.717) is 7.11 Å². The van der Waals surface area contributed by atoms with Crippen molar-refractivity contribution in [2.24, 2.45) is 0 Å². The molecular formula is C12H7F11O4. The van der Waals surface area contributed by atoms with Gasteiger partial charge in [-0.3, -0.25) is 4.79 Å². The molecule has 0 saturated heterocycles. The van der Waals surface area contributed by atoms with E-state index in [1.165, 1.54) is 0 Å². The van der Waals surface area contributed by atoms with E-state index >= 15 is 0 Å². The van der Waals surface area contributed by atoms with Crippen LogP contribution in [0.1, 0.15) is 6.42 Å². The van der Waals surface area contributed by atoms with Crippen molar-refractivity contribution in [1.29, 1.82) is 0 Å². The molecule has 0 aliphatic heterocycles. The number of halogens is 11. The van der Waals surface area contributed by atoms with Gasteiger partial charge in [0.1, 0.15) is 0 Å². The number of hydrogen-bond donors (Lipinski definition) is 0. The summed E-state index contributed by atoms with van der Waals surface area (Å²) in [5, 5.41) is 0. The first-order valence-corrected chi connectivity index (χ1v) is 6.32.